The Bertz CT molecular complexity index is 690. The van der Waals surface area contributed by atoms with E-state index in [2.05, 4.69) is 37.7 Å². The lowest BCUT2D eigenvalue weighted by atomic mass is 10.2. The van der Waals surface area contributed by atoms with Gasteiger partial charge in [-0.1, -0.05) is 0 Å². The van der Waals surface area contributed by atoms with Crippen LogP contribution in [0.25, 0.3) is 11.0 Å². The van der Waals surface area contributed by atoms with Gasteiger partial charge >= 0.3 is 0 Å². The van der Waals surface area contributed by atoms with Gasteiger partial charge in [0.25, 0.3) is 0 Å². The van der Waals surface area contributed by atoms with Crippen molar-refractivity contribution in [3.63, 3.8) is 0 Å². The Labute approximate surface area is 115 Å². The van der Waals surface area contributed by atoms with E-state index in [1.165, 1.54) is 0 Å². The molecular weight excluding hydrogens is 256 g/mol. The van der Waals surface area contributed by atoms with Gasteiger partial charge in [-0.3, -0.25) is 5.10 Å². The summed E-state index contributed by atoms with van der Waals surface area (Å²) in [5, 5.41) is 14.0. The number of rotatable bonds is 5. The van der Waals surface area contributed by atoms with Crippen molar-refractivity contribution in [2.75, 3.05) is 17.7 Å². The van der Waals surface area contributed by atoms with Crippen molar-refractivity contribution in [1.29, 1.82) is 0 Å². The molecule has 0 saturated carbocycles. The van der Waals surface area contributed by atoms with E-state index in [9.17, 15) is 0 Å². The monoisotopic (exact) mass is 272 g/mol. The smallest absolute Gasteiger partial charge is 0.226 e. The maximum absolute atomic E-state index is 5.36. The first kappa shape index (κ1) is 12.5. The maximum atomic E-state index is 5.36. The maximum Gasteiger partial charge on any atom is 0.226 e. The zero-order valence-corrected chi connectivity index (χ0v) is 11.3. The van der Waals surface area contributed by atoms with E-state index in [-0.39, 0.29) is 6.04 Å². The summed E-state index contributed by atoms with van der Waals surface area (Å²) in [6, 6.07) is 4.03. The standard InChI is InChI=1S/C13H16N6O/c1-8(6-9-4-3-5-20-9)16-11-10-7-15-19-12(10)18-13(14-2)17-11/h3-5,7-8H,6H2,1-2H3,(H3,14,15,16,17,18,19). The van der Waals surface area contributed by atoms with Crippen molar-refractivity contribution in [2.45, 2.75) is 19.4 Å². The summed E-state index contributed by atoms with van der Waals surface area (Å²) < 4.78 is 5.36. The highest BCUT2D eigenvalue weighted by atomic mass is 16.3. The molecule has 1 atom stereocenters. The Hall–Kier alpha value is -2.57. The minimum absolute atomic E-state index is 0.179. The minimum Gasteiger partial charge on any atom is -0.469 e. The topological polar surface area (TPSA) is 91.7 Å². The molecule has 0 aliphatic heterocycles. The van der Waals surface area contributed by atoms with Crippen molar-refractivity contribution in [3.8, 4) is 0 Å². The molecule has 0 bridgehead atoms. The molecule has 0 aliphatic carbocycles. The molecule has 0 saturated heterocycles. The van der Waals surface area contributed by atoms with E-state index in [1.54, 1.807) is 19.5 Å². The van der Waals surface area contributed by atoms with E-state index in [4.69, 9.17) is 4.42 Å². The lowest BCUT2D eigenvalue weighted by molar-refractivity contribution is 0.497. The van der Waals surface area contributed by atoms with Crippen LogP contribution in [0.3, 0.4) is 0 Å². The van der Waals surface area contributed by atoms with E-state index in [1.807, 2.05) is 12.1 Å². The van der Waals surface area contributed by atoms with Crippen molar-refractivity contribution in [1.82, 2.24) is 20.2 Å². The predicted molar refractivity (Wildman–Crippen MR) is 76.7 cm³/mol. The van der Waals surface area contributed by atoms with E-state index in [0.29, 0.717) is 11.6 Å². The number of H-pyrrole nitrogens is 1. The Morgan fingerprint density at radius 2 is 2.30 bits per heavy atom. The lowest BCUT2D eigenvalue weighted by Gasteiger charge is -2.14. The second-order valence-corrected chi connectivity index (χ2v) is 4.61. The molecule has 0 aliphatic rings. The molecule has 0 aromatic carbocycles. The number of furan rings is 1. The quantitative estimate of drug-likeness (QED) is 0.658. The van der Waals surface area contributed by atoms with Crippen LogP contribution < -0.4 is 10.6 Å². The van der Waals surface area contributed by atoms with E-state index < -0.39 is 0 Å². The normalized spacial score (nSPS) is 12.5. The molecule has 3 aromatic heterocycles. The number of aromatic amines is 1. The van der Waals surface area contributed by atoms with Crippen molar-refractivity contribution in [2.24, 2.45) is 0 Å². The molecule has 0 radical (unpaired) electrons. The van der Waals surface area contributed by atoms with Crippen LogP contribution in [0.2, 0.25) is 0 Å². The molecule has 7 heteroatoms. The second-order valence-electron chi connectivity index (χ2n) is 4.61. The fourth-order valence-corrected chi connectivity index (χ4v) is 2.07. The number of nitrogens with zero attached hydrogens (tertiary/aromatic N) is 3. The molecule has 3 aromatic rings. The molecule has 3 heterocycles. The molecule has 104 valence electrons. The highest BCUT2D eigenvalue weighted by Gasteiger charge is 2.12. The first-order valence-electron chi connectivity index (χ1n) is 6.44. The van der Waals surface area contributed by atoms with Gasteiger partial charge in [-0.05, 0) is 19.1 Å². The number of fused-ring (bicyclic) bond motifs is 1. The summed E-state index contributed by atoms with van der Waals surface area (Å²) in [6.07, 6.45) is 4.18. The van der Waals surface area contributed by atoms with Crippen LogP contribution in [0.4, 0.5) is 11.8 Å². The van der Waals surface area contributed by atoms with Gasteiger partial charge in [-0.25, -0.2) is 0 Å². The zero-order chi connectivity index (χ0) is 13.9. The Morgan fingerprint density at radius 1 is 1.40 bits per heavy atom. The molecule has 1 unspecified atom stereocenters. The summed E-state index contributed by atoms with van der Waals surface area (Å²) in [4.78, 5) is 8.74. The Balaban J connectivity index is 1.84. The van der Waals surface area contributed by atoms with Crippen molar-refractivity contribution in [3.05, 3.63) is 30.4 Å². The van der Waals surface area contributed by atoms with Gasteiger partial charge in [-0.2, -0.15) is 15.1 Å². The zero-order valence-electron chi connectivity index (χ0n) is 11.3. The molecule has 0 fully saturated rings. The van der Waals surface area contributed by atoms with Crippen molar-refractivity contribution < 1.29 is 4.42 Å². The van der Waals surface area contributed by atoms with Gasteiger partial charge in [0.2, 0.25) is 5.95 Å². The van der Waals surface area contributed by atoms with Gasteiger partial charge in [-0.15, -0.1) is 0 Å². The van der Waals surface area contributed by atoms with Gasteiger partial charge in [0.15, 0.2) is 5.65 Å². The van der Waals surface area contributed by atoms with Crippen molar-refractivity contribution >= 4 is 22.8 Å². The number of anilines is 2. The summed E-state index contributed by atoms with van der Waals surface area (Å²) in [7, 11) is 1.79. The highest BCUT2D eigenvalue weighted by Crippen LogP contribution is 2.21. The third-order valence-electron chi connectivity index (χ3n) is 3.00. The average Bonchev–Trinajstić information content (AvgIpc) is 3.09. The van der Waals surface area contributed by atoms with Crippen LogP contribution in [0.1, 0.15) is 12.7 Å². The third-order valence-corrected chi connectivity index (χ3v) is 3.00. The van der Waals surface area contributed by atoms with E-state index in [0.717, 1.165) is 23.4 Å². The number of nitrogens with one attached hydrogen (secondary N) is 3. The molecule has 0 spiro atoms. The summed E-state index contributed by atoms with van der Waals surface area (Å²) in [6.45, 7) is 2.08. The molecule has 0 amide bonds. The minimum atomic E-state index is 0.179. The molecule has 3 N–H and O–H groups in total. The van der Waals surface area contributed by atoms with Crippen LogP contribution >= 0.6 is 0 Å². The van der Waals surface area contributed by atoms with E-state index >= 15 is 0 Å². The van der Waals surface area contributed by atoms with Gasteiger partial charge in [0.05, 0.1) is 17.8 Å². The number of hydrogen-bond acceptors (Lipinski definition) is 6. The first-order valence-corrected chi connectivity index (χ1v) is 6.44. The predicted octanol–water partition coefficient (Wildman–Crippen LogP) is 2.03. The fraction of sp³-hybridized carbons (Fsp3) is 0.308. The average molecular weight is 272 g/mol. The number of hydrogen-bond donors (Lipinski definition) is 3. The summed E-state index contributed by atoms with van der Waals surface area (Å²) in [5.74, 6) is 2.25. The van der Waals surface area contributed by atoms with Crippen LogP contribution in [0, 0.1) is 0 Å². The van der Waals surface area contributed by atoms with Crippen LogP contribution in [0.15, 0.2) is 29.0 Å². The van der Waals surface area contributed by atoms with Crippen LogP contribution in [0.5, 0.6) is 0 Å². The largest absolute Gasteiger partial charge is 0.469 e. The molecular formula is C13H16N6O. The first-order chi connectivity index (χ1) is 9.76. The Morgan fingerprint density at radius 3 is 3.05 bits per heavy atom. The van der Waals surface area contributed by atoms with Gasteiger partial charge in [0, 0.05) is 19.5 Å². The van der Waals surface area contributed by atoms with Gasteiger partial charge < -0.3 is 15.1 Å². The highest BCUT2D eigenvalue weighted by molar-refractivity contribution is 5.87. The number of aromatic nitrogens is 4. The summed E-state index contributed by atoms with van der Waals surface area (Å²) >= 11 is 0. The molecule has 7 nitrogen and oxygen atoms in total. The Kier molecular flexibility index (Phi) is 3.24. The SMILES string of the molecule is CNc1nc(NC(C)Cc2ccco2)c2cn[nH]c2n1. The second kappa shape index (κ2) is 5.20. The lowest BCUT2D eigenvalue weighted by Crippen LogP contribution is -2.19. The van der Waals surface area contributed by atoms with Crippen LogP contribution in [-0.4, -0.2) is 33.3 Å². The molecule has 3 rings (SSSR count). The molecule has 20 heavy (non-hydrogen) atoms. The van der Waals surface area contributed by atoms with Gasteiger partial charge in [0.1, 0.15) is 11.6 Å². The van der Waals surface area contributed by atoms with Crippen LogP contribution in [-0.2, 0) is 6.42 Å². The fourth-order valence-electron chi connectivity index (χ4n) is 2.07. The summed E-state index contributed by atoms with van der Waals surface area (Å²) in [5.41, 5.74) is 0.706. The third kappa shape index (κ3) is 2.42.